The zero-order chi connectivity index (χ0) is 13.5. The average molecular weight is 258 g/mol. The van der Waals surface area contributed by atoms with Gasteiger partial charge in [0.25, 0.3) is 0 Å². The van der Waals surface area contributed by atoms with Gasteiger partial charge in [-0.25, -0.2) is 4.79 Å². The highest BCUT2D eigenvalue weighted by atomic mass is 16.5. The first-order valence-electron chi connectivity index (χ1n) is 6.40. The van der Waals surface area contributed by atoms with Crippen LogP contribution in [0.3, 0.4) is 0 Å². The third kappa shape index (κ3) is 4.91. The Morgan fingerprint density at radius 1 is 1.44 bits per heavy atom. The van der Waals surface area contributed by atoms with E-state index in [9.17, 15) is 9.59 Å². The van der Waals surface area contributed by atoms with Crippen molar-refractivity contribution in [3.8, 4) is 0 Å². The first-order valence-corrected chi connectivity index (χ1v) is 6.40. The van der Waals surface area contributed by atoms with Crippen molar-refractivity contribution >= 4 is 12.0 Å². The van der Waals surface area contributed by atoms with E-state index < -0.39 is 5.97 Å². The van der Waals surface area contributed by atoms with Crippen LogP contribution >= 0.6 is 0 Å². The molecule has 0 saturated heterocycles. The molecule has 18 heavy (non-hydrogen) atoms. The number of carbonyl (C=O) groups excluding carboxylic acids is 1. The number of nitrogens with one attached hydrogen (secondary N) is 2. The molecule has 6 nitrogen and oxygen atoms in total. The molecule has 1 saturated carbocycles. The summed E-state index contributed by atoms with van der Waals surface area (Å²) in [6.45, 7) is 4.87. The molecular formula is C12H22N2O4. The Morgan fingerprint density at radius 3 is 2.72 bits per heavy atom. The second-order valence-electron chi connectivity index (χ2n) is 4.72. The van der Waals surface area contributed by atoms with E-state index >= 15 is 0 Å². The summed E-state index contributed by atoms with van der Waals surface area (Å²) in [4.78, 5) is 22.4. The standard InChI is InChI=1S/C12H22N2O4/c1-3-18-7-8(2)13-12(17)14-10-5-4-9(6-10)11(15)16/h8-10H,3-7H2,1-2H3,(H,15,16)(H2,13,14,17)/t8?,9-,10+/m1/s1. The highest BCUT2D eigenvalue weighted by molar-refractivity contribution is 5.75. The number of amides is 2. The molecule has 1 aliphatic carbocycles. The number of carboxylic acid groups (broad SMARTS) is 1. The molecule has 104 valence electrons. The van der Waals surface area contributed by atoms with Crippen LogP contribution in [0.2, 0.25) is 0 Å². The van der Waals surface area contributed by atoms with E-state index in [-0.39, 0.29) is 24.0 Å². The molecule has 0 aromatic rings. The third-order valence-electron chi connectivity index (χ3n) is 3.07. The molecule has 0 spiro atoms. The van der Waals surface area contributed by atoms with Gasteiger partial charge in [-0.15, -0.1) is 0 Å². The van der Waals surface area contributed by atoms with E-state index in [0.717, 1.165) is 6.42 Å². The van der Waals surface area contributed by atoms with E-state index in [1.165, 1.54) is 0 Å². The van der Waals surface area contributed by atoms with Crippen LogP contribution in [0.15, 0.2) is 0 Å². The number of urea groups is 1. The highest BCUT2D eigenvalue weighted by Crippen LogP contribution is 2.25. The van der Waals surface area contributed by atoms with Gasteiger partial charge in [0.15, 0.2) is 0 Å². The highest BCUT2D eigenvalue weighted by Gasteiger charge is 2.30. The van der Waals surface area contributed by atoms with Crippen molar-refractivity contribution in [2.75, 3.05) is 13.2 Å². The monoisotopic (exact) mass is 258 g/mol. The Labute approximate surface area is 107 Å². The molecule has 1 rings (SSSR count). The fourth-order valence-electron chi connectivity index (χ4n) is 2.12. The Bertz CT molecular complexity index is 296. The maximum absolute atomic E-state index is 11.6. The summed E-state index contributed by atoms with van der Waals surface area (Å²) < 4.78 is 5.19. The molecule has 2 amide bonds. The summed E-state index contributed by atoms with van der Waals surface area (Å²) in [5.41, 5.74) is 0. The molecule has 0 heterocycles. The Kier molecular flexibility index (Phi) is 5.91. The van der Waals surface area contributed by atoms with Gasteiger partial charge in [-0.1, -0.05) is 0 Å². The molecule has 3 atom stereocenters. The van der Waals surface area contributed by atoms with Crippen LogP contribution in [0, 0.1) is 5.92 Å². The minimum Gasteiger partial charge on any atom is -0.481 e. The van der Waals surface area contributed by atoms with Crippen LogP contribution in [-0.4, -0.2) is 42.4 Å². The molecule has 0 radical (unpaired) electrons. The summed E-state index contributed by atoms with van der Waals surface area (Å²) in [7, 11) is 0. The SMILES string of the molecule is CCOCC(C)NC(=O)N[C@H]1CC[C@@H](C(=O)O)C1. The normalized spacial score (nSPS) is 24.6. The van der Waals surface area contributed by atoms with Gasteiger partial charge in [0, 0.05) is 12.6 Å². The second kappa shape index (κ2) is 7.20. The molecule has 0 aromatic heterocycles. The smallest absolute Gasteiger partial charge is 0.315 e. The maximum Gasteiger partial charge on any atom is 0.315 e. The van der Waals surface area contributed by atoms with Crippen molar-refractivity contribution < 1.29 is 19.4 Å². The van der Waals surface area contributed by atoms with Crippen LogP contribution in [0.5, 0.6) is 0 Å². The van der Waals surface area contributed by atoms with E-state index in [0.29, 0.717) is 26.1 Å². The lowest BCUT2D eigenvalue weighted by atomic mass is 10.1. The van der Waals surface area contributed by atoms with Gasteiger partial charge in [-0.2, -0.15) is 0 Å². The Balaban J connectivity index is 2.23. The Hall–Kier alpha value is -1.30. The van der Waals surface area contributed by atoms with Crippen molar-refractivity contribution in [2.45, 2.75) is 45.2 Å². The van der Waals surface area contributed by atoms with Gasteiger partial charge >= 0.3 is 12.0 Å². The van der Waals surface area contributed by atoms with Crippen molar-refractivity contribution in [1.29, 1.82) is 0 Å². The average Bonchev–Trinajstić information content (AvgIpc) is 2.74. The van der Waals surface area contributed by atoms with E-state index in [1.807, 2.05) is 13.8 Å². The van der Waals surface area contributed by atoms with Gasteiger partial charge in [0.05, 0.1) is 18.6 Å². The molecule has 0 bridgehead atoms. The Morgan fingerprint density at radius 2 is 2.17 bits per heavy atom. The molecule has 1 aliphatic rings. The zero-order valence-corrected chi connectivity index (χ0v) is 10.9. The van der Waals surface area contributed by atoms with Crippen LogP contribution < -0.4 is 10.6 Å². The first kappa shape index (κ1) is 14.8. The fourth-order valence-corrected chi connectivity index (χ4v) is 2.12. The molecule has 1 fully saturated rings. The summed E-state index contributed by atoms with van der Waals surface area (Å²) in [6.07, 6.45) is 1.88. The number of rotatable bonds is 6. The lowest BCUT2D eigenvalue weighted by Gasteiger charge is -2.17. The molecule has 0 aliphatic heterocycles. The fraction of sp³-hybridized carbons (Fsp3) is 0.833. The van der Waals surface area contributed by atoms with Gasteiger partial charge in [0.1, 0.15) is 0 Å². The summed E-state index contributed by atoms with van der Waals surface area (Å²) in [5, 5.41) is 14.4. The molecular weight excluding hydrogens is 236 g/mol. The zero-order valence-electron chi connectivity index (χ0n) is 10.9. The largest absolute Gasteiger partial charge is 0.481 e. The van der Waals surface area contributed by atoms with Crippen LogP contribution in [0.25, 0.3) is 0 Å². The second-order valence-corrected chi connectivity index (χ2v) is 4.72. The van der Waals surface area contributed by atoms with Gasteiger partial charge < -0.3 is 20.5 Å². The van der Waals surface area contributed by atoms with Crippen molar-refractivity contribution in [2.24, 2.45) is 5.92 Å². The van der Waals surface area contributed by atoms with Crippen LogP contribution in [0.1, 0.15) is 33.1 Å². The van der Waals surface area contributed by atoms with E-state index in [2.05, 4.69) is 10.6 Å². The van der Waals surface area contributed by atoms with Gasteiger partial charge in [0.2, 0.25) is 0 Å². The third-order valence-corrected chi connectivity index (χ3v) is 3.07. The number of carbonyl (C=O) groups is 2. The number of ether oxygens (including phenoxy) is 1. The van der Waals surface area contributed by atoms with Gasteiger partial charge in [-0.3, -0.25) is 4.79 Å². The topological polar surface area (TPSA) is 87.7 Å². The summed E-state index contributed by atoms with van der Waals surface area (Å²) >= 11 is 0. The van der Waals surface area contributed by atoms with E-state index in [4.69, 9.17) is 9.84 Å². The minimum absolute atomic E-state index is 0.0367. The molecule has 1 unspecified atom stereocenters. The molecule has 0 aromatic carbocycles. The number of carboxylic acids is 1. The summed E-state index contributed by atoms with van der Waals surface area (Å²) in [5.74, 6) is -1.10. The lowest BCUT2D eigenvalue weighted by Crippen LogP contribution is -2.46. The minimum atomic E-state index is -0.774. The van der Waals surface area contributed by atoms with Crippen LogP contribution in [0.4, 0.5) is 4.79 Å². The molecule has 3 N–H and O–H groups in total. The van der Waals surface area contributed by atoms with Crippen molar-refractivity contribution in [3.05, 3.63) is 0 Å². The summed E-state index contributed by atoms with van der Waals surface area (Å²) in [6, 6.07) is -0.342. The van der Waals surface area contributed by atoms with Crippen LogP contribution in [-0.2, 0) is 9.53 Å². The van der Waals surface area contributed by atoms with E-state index in [1.54, 1.807) is 0 Å². The van der Waals surface area contributed by atoms with Crippen molar-refractivity contribution in [1.82, 2.24) is 10.6 Å². The maximum atomic E-state index is 11.6. The number of hydrogen-bond acceptors (Lipinski definition) is 3. The predicted molar refractivity (Wildman–Crippen MR) is 66.4 cm³/mol. The lowest BCUT2D eigenvalue weighted by molar-refractivity contribution is -0.141. The van der Waals surface area contributed by atoms with Crippen molar-refractivity contribution in [3.63, 3.8) is 0 Å². The first-order chi connectivity index (χ1) is 8.52. The van der Waals surface area contributed by atoms with Gasteiger partial charge in [-0.05, 0) is 33.1 Å². The number of hydrogen-bond donors (Lipinski definition) is 3. The molecule has 6 heteroatoms. The number of aliphatic carboxylic acids is 1. The quantitative estimate of drug-likeness (QED) is 0.662. The predicted octanol–water partition coefficient (Wildman–Crippen LogP) is 0.964.